The van der Waals surface area contributed by atoms with E-state index < -0.39 is 15.9 Å². The molecular weight excluding hydrogens is 380 g/mol. The van der Waals surface area contributed by atoms with E-state index in [2.05, 4.69) is 5.32 Å². The highest BCUT2D eigenvalue weighted by molar-refractivity contribution is 7.90. The van der Waals surface area contributed by atoms with Crippen LogP contribution >= 0.6 is 0 Å². The van der Waals surface area contributed by atoms with Crippen LogP contribution in [0.15, 0.2) is 71.6 Å². The highest BCUT2D eigenvalue weighted by atomic mass is 32.2. The van der Waals surface area contributed by atoms with Gasteiger partial charge < -0.3 is 10.1 Å². The summed E-state index contributed by atoms with van der Waals surface area (Å²) in [6.45, 7) is 0.919. The lowest BCUT2D eigenvalue weighted by Gasteiger charge is -2.10. The molecule has 3 rings (SSSR count). The number of nitrogens with one attached hydrogen (secondary N) is 2. The molecule has 0 unspecified atom stereocenters. The molecule has 2 amide bonds. The van der Waals surface area contributed by atoms with Gasteiger partial charge in [-0.1, -0.05) is 36.4 Å². The molecule has 0 atom stereocenters. The topological polar surface area (TPSA) is 102 Å². The van der Waals surface area contributed by atoms with Crippen molar-refractivity contribution in [2.45, 2.75) is 11.8 Å². The van der Waals surface area contributed by atoms with Gasteiger partial charge in [0.1, 0.15) is 5.75 Å². The molecular formula is C20H18N2O5S. The molecule has 0 aliphatic rings. The molecule has 0 aromatic heterocycles. The molecule has 8 heteroatoms. The lowest BCUT2D eigenvalue weighted by Crippen LogP contribution is -2.28. The predicted molar refractivity (Wildman–Crippen MR) is 106 cm³/mol. The van der Waals surface area contributed by atoms with E-state index in [0.29, 0.717) is 11.4 Å². The highest BCUT2D eigenvalue weighted by Crippen LogP contribution is 2.25. The van der Waals surface area contributed by atoms with Gasteiger partial charge in [0.05, 0.1) is 4.90 Å². The number of ether oxygens (including phenoxy) is 1. The van der Waals surface area contributed by atoms with E-state index in [4.69, 9.17) is 4.74 Å². The van der Waals surface area contributed by atoms with Gasteiger partial charge in [-0.15, -0.1) is 0 Å². The number of rotatable bonds is 6. The van der Waals surface area contributed by atoms with Crippen molar-refractivity contribution in [2.75, 3.05) is 11.9 Å². The molecule has 0 saturated carbocycles. The minimum Gasteiger partial charge on any atom is -0.483 e. The van der Waals surface area contributed by atoms with Crippen LogP contribution in [-0.4, -0.2) is 26.8 Å². The normalized spacial score (nSPS) is 11.0. The lowest BCUT2D eigenvalue weighted by atomic mass is 10.1. The van der Waals surface area contributed by atoms with Gasteiger partial charge >= 0.3 is 0 Å². The Morgan fingerprint density at radius 3 is 2.32 bits per heavy atom. The molecule has 0 spiro atoms. The summed E-state index contributed by atoms with van der Waals surface area (Å²) in [4.78, 5) is 23.0. The van der Waals surface area contributed by atoms with E-state index in [1.807, 2.05) is 41.1 Å². The smallest absolute Gasteiger partial charge is 0.264 e. The third-order valence-corrected chi connectivity index (χ3v) is 5.28. The number of hydrogen-bond acceptors (Lipinski definition) is 5. The summed E-state index contributed by atoms with van der Waals surface area (Å²) in [6.07, 6.45) is 0. The summed E-state index contributed by atoms with van der Waals surface area (Å²) < 4.78 is 31.3. The Labute approximate surface area is 162 Å². The van der Waals surface area contributed by atoms with Crippen LogP contribution < -0.4 is 14.8 Å². The minimum absolute atomic E-state index is 0.0762. The fraction of sp³-hybridized carbons (Fsp3) is 0.100. The van der Waals surface area contributed by atoms with E-state index in [1.165, 1.54) is 24.3 Å². The number of benzene rings is 3. The number of hydrogen-bond donors (Lipinski definition) is 2. The molecule has 0 aliphatic carbocycles. The molecule has 3 aromatic rings. The first kappa shape index (κ1) is 19.4. The predicted octanol–water partition coefficient (Wildman–Crippen LogP) is 2.68. The van der Waals surface area contributed by atoms with Gasteiger partial charge in [0.25, 0.3) is 15.9 Å². The van der Waals surface area contributed by atoms with E-state index in [9.17, 15) is 18.0 Å². The second-order valence-electron chi connectivity index (χ2n) is 6.00. The Morgan fingerprint density at radius 2 is 1.61 bits per heavy atom. The van der Waals surface area contributed by atoms with Gasteiger partial charge in [0, 0.05) is 18.0 Å². The van der Waals surface area contributed by atoms with Crippen molar-refractivity contribution < 1.29 is 22.7 Å². The SMILES string of the molecule is CC(=O)NS(=O)(=O)c1ccc(NC(=O)COc2cccc3ccccc23)cc1. The molecule has 0 bridgehead atoms. The van der Waals surface area contributed by atoms with Gasteiger partial charge in [0.2, 0.25) is 5.91 Å². The molecule has 0 radical (unpaired) electrons. The quantitative estimate of drug-likeness (QED) is 0.665. The summed E-state index contributed by atoms with van der Waals surface area (Å²) in [5, 5.41) is 4.55. The highest BCUT2D eigenvalue weighted by Gasteiger charge is 2.15. The van der Waals surface area contributed by atoms with Crippen LogP contribution in [0.4, 0.5) is 5.69 Å². The number of carbonyl (C=O) groups excluding carboxylic acids is 2. The van der Waals surface area contributed by atoms with Gasteiger partial charge in [0.15, 0.2) is 6.61 Å². The zero-order chi connectivity index (χ0) is 20.1. The molecule has 0 aliphatic heterocycles. The lowest BCUT2D eigenvalue weighted by molar-refractivity contribution is -0.118. The largest absolute Gasteiger partial charge is 0.483 e. The molecule has 28 heavy (non-hydrogen) atoms. The molecule has 0 heterocycles. The Balaban J connectivity index is 1.63. The summed E-state index contributed by atoms with van der Waals surface area (Å²) >= 11 is 0. The van der Waals surface area contributed by atoms with E-state index in [1.54, 1.807) is 6.07 Å². The number of fused-ring (bicyclic) bond motifs is 1. The second kappa shape index (κ2) is 8.10. The second-order valence-corrected chi connectivity index (χ2v) is 7.68. The number of carbonyl (C=O) groups is 2. The Hall–Kier alpha value is -3.39. The van der Waals surface area contributed by atoms with E-state index >= 15 is 0 Å². The number of sulfonamides is 1. The van der Waals surface area contributed by atoms with Crippen LogP contribution in [0.1, 0.15) is 6.92 Å². The van der Waals surface area contributed by atoms with Crippen molar-refractivity contribution in [1.29, 1.82) is 0 Å². The van der Waals surface area contributed by atoms with E-state index in [0.717, 1.165) is 17.7 Å². The molecule has 0 fully saturated rings. The first-order valence-corrected chi connectivity index (χ1v) is 9.87. The van der Waals surface area contributed by atoms with Crippen LogP contribution in [0.25, 0.3) is 10.8 Å². The van der Waals surface area contributed by atoms with Crippen molar-refractivity contribution in [3.63, 3.8) is 0 Å². The maximum Gasteiger partial charge on any atom is 0.264 e. The molecule has 0 saturated heterocycles. The average molecular weight is 398 g/mol. The van der Waals surface area contributed by atoms with Crippen LogP contribution in [0.2, 0.25) is 0 Å². The van der Waals surface area contributed by atoms with Crippen molar-refractivity contribution in [1.82, 2.24) is 4.72 Å². The first-order chi connectivity index (χ1) is 13.3. The van der Waals surface area contributed by atoms with Crippen LogP contribution in [0, 0.1) is 0 Å². The van der Waals surface area contributed by atoms with Crippen molar-refractivity contribution in [3.05, 3.63) is 66.7 Å². The first-order valence-electron chi connectivity index (χ1n) is 8.39. The number of amides is 2. The van der Waals surface area contributed by atoms with Crippen LogP contribution in [0.5, 0.6) is 5.75 Å². The zero-order valence-corrected chi connectivity index (χ0v) is 15.8. The molecule has 144 valence electrons. The summed E-state index contributed by atoms with van der Waals surface area (Å²) in [5.41, 5.74) is 0.410. The average Bonchev–Trinajstić information content (AvgIpc) is 2.66. The summed E-state index contributed by atoms with van der Waals surface area (Å²) in [5.74, 6) is -0.460. The fourth-order valence-corrected chi connectivity index (χ4v) is 3.62. The van der Waals surface area contributed by atoms with Gasteiger partial charge in [-0.05, 0) is 35.7 Å². The third-order valence-electron chi connectivity index (χ3n) is 3.83. The Kier molecular flexibility index (Phi) is 5.60. The maximum atomic E-state index is 12.1. The van der Waals surface area contributed by atoms with Crippen molar-refractivity contribution >= 4 is 38.3 Å². The minimum atomic E-state index is -3.91. The van der Waals surface area contributed by atoms with Gasteiger partial charge in [-0.3, -0.25) is 9.59 Å². The monoisotopic (exact) mass is 398 g/mol. The summed E-state index contributed by atoms with van der Waals surface area (Å²) in [6, 6.07) is 18.8. The zero-order valence-electron chi connectivity index (χ0n) is 15.0. The standard InChI is InChI=1S/C20H18N2O5S/c1-14(23)22-28(25,26)17-11-9-16(10-12-17)21-20(24)13-27-19-8-4-6-15-5-2-3-7-18(15)19/h2-12H,13H2,1H3,(H,21,24)(H,22,23). The van der Waals surface area contributed by atoms with Crippen molar-refractivity contribution in [2.24, 2.45) is 0 Å². The maximum absolute atomic E-state index is 12.1. The Morgan fingerprint density at radius 1 is 0.929 bits per heavy atom. The fourth-order valence-electron chi connectivity index (χ4n) is 2.63. The van der Waals surface area contributed by atoms with E-state index in [-0.39, 0.29) is 17.4 Å². The molecule has 3 aromatic carbocycles. The molecule has 2 N–H and O–H groups in total. The van der Waals surface area contributed by atoms with Crippen LogP contribution in [-0.2, 0) is 19.6 Å². The third kappa shape index (κ3) is 4.66. The number of anilines is 1. The van der Waals surface area contributed by atoms with Gasteiger partial charge in [-0.2, -0.15) is 0 Å². The Bertz CT molecular complexity index is 1120. The van der Waals surface area contributed by atoms with Gasteiger partial charge in [-0.25, -0.2) is 13.1 Å². The summed E-state index contributed by atoms with van der Waals surface area (Å²) in [7, 11) is -3.91. The van der Waals surface area contributed by atoms with Crippen LogP contribution in [0.3, 0.4) is 0 Å². The molecule has 7 nitrogen and oxygen atoms in total. The van der Waals surface area contributed by atoms with Crippen molar-refractivity contribution in [3.8, 4) is 5.75 Å².